The number of aliphatic hydroxyl groups excluding tert-OH is 1. The van der Waals surface area contributed by atoms with Gasteiger partial charge >= 0.3 is 12.0 Å². The fraction of sp³-hybridized carbons (Fsp3) is 0.483. The molecular weight excluding hydrogens is 541 g/mol. The smallest absolute Gasteiger partial charge is 0.334 e. The summed E-state index contributed by atoms with van der Waals surface area (Å²) in [6.07, 6.45) is 2.15. The molecule has 39 heavy (non-hydrogen) atoms. The van der Waals surface area contributed by atoms with E-state index in [0.29, 0.717) is 40.3 Å². The highest BCUT2D eigenvalue weighted by Gasteiger charge is 2.52. The topological polar surface area (TPSA) is 110 Å². The van der Waals surface area contributed by atoms with Crippen LogP contribution in [0.2, 0.25) is 10.0 Å². The van der Waals surface area contributed by atoms with Gasteiger partial charge in [-0.2, -0.15) is 0 Å². The standard InChI is InChI=1S/C29H35Cl2N3O5/c1-28(2,3)20-10-12-29(13-11-20)17-33(23-9-8-21(30)14-22(23)31)27(39)34(29)16-18-4-6-19(7-5-18)25(36)32-15-24(35)26(37)38/h4-9,14,20,24,35H,10-13,15-17H2,1-3H3,(H,32,36)(H,37,38). The number of carbonyl (C=O) groups excluding carboxylic acids is 2. The summed E-state index contributed by atoms with van der Waals surface area (Å²) in [6, 6.07) is 11.9. The minimum Gasteiger partial charge on any atom is -0.479 e. The van der Waals surface area contributed by atoms with Crippen LogP contribution in [0.4, 0.5) is 10.5 Å². The van der Waals surface area contributed by atoms with Crippen LogP contribution in [0, 0.1) is 11.3 Å². The van der Waals surface area contributed by atoms with Crippen LogP contribution in [-0.2, 0) is 11.3 Å². The van der Waals surface area contributed by atoms with E-state index in [9.17, 15) is 19.5 Å². The van der Waals surface area contributed by atoms with Crippen molar-refractivity contribution in [3.8, 4) is 0 Å². The summed E-state index contributed by atoms with van der Waals surface area (Å²) in [5.41, 5.74) is 1.70. The molecule has 2 aromatic rings. The Kier molecular flexibility index (Phi) is 8.50. The van der Waals surface area contributed by atoms with Crippen LogP contribution < -0.4 is 10.2 Å². The molecule has 4 rings (SSSR count). The van der Waals surface area contributed by atoms with Gasteiger partial charge in [-0.3, -0.25) is 9.69 Å². The van der Waals surface area contributed by atoms with Gasteiger partial charge in [-0.1, -0.05) is 56.1 Å². The summed E-state index contributed by atoms with van der Waals surface area (Å²) in [7, 11) is 0. The number of carboxylic acid groups (broad SMARTS) is 1. The van der Waals surface area contributed by atoms with Crippen molar-refractivity contribution in [1.29, 1.82) is 0 Å². The lowest BCUT2D eigenvalue weighted by molar-refractivity contribution is -0.146. The van der Waals surface area contributed by atoms with E-state index >= 15 is 0 Å². The molecule has 2 aliphatic rings. The van der Waals surface area contributed by atoms with Crippen molar-refractivity contribution in [3.05, 3.63) is 63.6 Å². The van der Waals surface area contributed by atoms with Gasteiger partial charge in [0.1, 0.15) is 0 Å². The average molecular weight is 577 g/mol. The van der Waals surface area contributed by atoms with E-state index in [1.54, 1.807) is 47.4 Å². The van der Waals surface area contributed by atoms with Gasteiger partial charge in [0.05, 0.1) is 29.3 Å². The summed E-state index contributed by atoms with van der Waals surface area (Å²) in [5.74, 6) is -1.31. The lowest BCUT2D eigenvalue weighted by atomic mass is 9.67. The lowest BCUT2D eigenvalue weighted by Crippen LogP contribution is -2.50. The number of rotatable bonds is 7. The maximum Gasteiger partial charge on any atom is 0.334 e. The molecule has 3 amide bonds. The summed E-state index contributed by atoms with van der Waals surface area (Å²) in [4.78, 5) is 40.8. The van der Waals surface area contributed by atoms with Crippen molar-refractivity contribution in [2.75, 3.05) is 18.0 Å². The molecule has 0 bridgehead atoms. The molecule has 3 N–H and O–H groups in total. The maximum atomic E-state index is 13.9. The van der Waals surface area contributed by atoms with Crippen molar-refractivity contribution in [1.82, 2.24) is 10.2 Å². The zero-order chi connectivity index (χ0) is 28.5. The molecule has 10 heteroatoms. The van der Waals surface area contributed by atoms with Gasteiger partial charge in [0, 0.05) is 17.1 Å². The number of hydrogen-bond acceptors (Lipinski definition) is 4. The first kappa shape index (κ1) is 29.2. The molecule has 2 aromatic carbocycles. The Morgan fingerprint density at radius 1 is 1.10 bits per heavy atom. The van der Waals surface area contributed by atoms with E-state index in [1.807, 2.05) is 4.90 Å². The van der Waals surface area contributed by atoms with E-state index in [2.05, 4.69) is 26.1 Å². The Morgan fingerprint density at radius 3 is 2.31 bits per heavy atom. The average Bonchev–Trinajstić information content (AvgIpc) is 3.13. The molecule has 1 atom stereocenters. The molecule has 2 fully saturated rings. The first-order chi connectivity index (χ1) is 18.3. The molecule has 210 valence electrons. The number of nitrogens with zero attached hydrogens (tertiary/aromatic N) is 2. The molecule has 1 aliphatic carbocycles. The van der Waals surface area contributed by atoms with Crippen LogP contribution in [0.3, 0.4) is 0 Å². The number of halogens is 2. The fourth-order valence-corrected chi connectivity index (χ4v) is 6.20. The molecule has 1 saturated carbocycles. The van der Waals surface area contributed by atoms with Crippen LogP contribution in [0.15, 0.2) is 42.5 Å². The zero-order valence-electron chi connectivity index (χ0n) is 22.4. The number of amides is 3. The molecule has 8 nitrogen and oxygen atoms in total. The summed E-state index contributed by atoms with van der Waals surface area (Å²) in [6.45, 7) is 7.34. The second-order valence-electron chi connectivity index (χ2n) is 11.7. The quantitative estimate of drug-likeness (QED) is 0.399. The zero-order valence-corrected chi connectivity index (χ0v) is 23.9. The van der Waals surface area contributed by atoms with Crippen LogP contribution in [-0.4, -0.2) is 57.8 Å². The Labute approximate surface area is 238 Å². The van der Waals surface area contributed by atoms with Crippen molar-refractivity contribution in [2.45, 2.75) is 64.6 Å². The Balaban J connectivity index is 1.55. The van der Waals surface area contributed by atoms with E-state index < -0.39 is 18.0 Å². The van der Waals surface area contributed by atoms with E-state index in [0.717, 1.165) is 31.2 Å². The van der Waals surface area contributed by atoms with Gasteiger partial charge in [-0.25, -0.2) is 9.59 Å². The summed E-state index contributed by atoms with van der Waals surface area (Å²) < 4.78 is 0. The van der Waals surface area contributed by atoms with Gasteiger partial charge < -0.3 is 20.4 Å². The highest BCUT2D eigenvalue weighted by atomic mass is 35.5. The molecule has 1 aliphatic heterocycles. The number of aliphatic carboxylic acids is 1. The van der Waals surface area contributed by atoms with E-state index in [-0.39, 0.29) is 23.5 Å². The number of hydrogen-bond donors (Lipinski definition) is 3. The van der Waals surface area contributed by atoms with Crippen LogP contribution in [0.1, 0.15) is 62.4 Å². The van der Waals surface area contributed by atoms with Crippen LogP contribution in [0.25, 0.3) is 0 Å². The number of benzene rings is 2. The third-order valence-corrected chi connectivity index (χ3v) is 8.66. The van der Waals surface area contributed by atoms with Gasteiger partial charge in [0.25, 0.3) is 5.91 Å². The first-order valence-corrected chi connectivity index (χ1v) is 13.9. The largest absolute Gasteiger partial charge is 0.479 e. The van der Waals surface area contributed by atoms with Crippen LogP contribution in [0.5, 0.6) is 0 Å². The van der Waals surface area contributed by atoms with Gasteiger partial charge in [-0.15, -0.1) is 0 Å². The Hall–Kier alpha value is -2.81. The number of nitrogens with one attached hydrogen (secondary N) is 1. The van der Waals surface area contributed by atoms with Crippen molar-refractivity contribution in [2.24, 2.45) is 11.3 Å². The number of carboxylic acids is 1. The minimum atomic E-state index is -1.67. The molecule has 1 saturated heterocycles. The Bertz CT molecular complexity index is 1240. The van der Waals surface area contributed by atoms with Crippen molar-refractivity contribution < 1.29 is 24.6 Å². The van der Waals surface area contributed by atoms with E-state index in [4.69, 9.17) is 28.3 Å². The maximum absolute atomic E-state index is 13.9. The predicted molar refractivity (Wildman–Crippen MR) is 151 cm³/mol. The molecule has 1 unspecified atom stereocenters. The fourth-order valence-electron chi connectivity index (χ4n) is 5.69. The number of carbonyl (C=O) groups is 3. The van der Waals surface area contributed by atoms with Gasteiger partial charge in [-0.05, 0) is 72.9 Å². The highest BCUT2D eigenvalue weighted by molar-refractivity contribution is 6.36. The molecular formula is C29H35Cl2N3O5. The summed E-state index contributed by atoms with van der Waals surface area (Å²) >= 11 is 12.6. The normalized spacial score (nSPS) is 22.3. The Morgan fingerprint density at radius 2 is 1.74 bits per heavy atom. The third-order valence-electron chi connectivity index (χ3n) is 8.13. The number of anilines is 1. The monoisotopic (exact) mass is 575 g/mol. The van der Waals surface area contributed by atoms with Crippen LogP contribution >= 0.6 is 23.2 Å². The number of aliphatic hydroxyl groups is 1. The predicted octanol–water partition coefficient (Wildman–Crippen LogP) is 5.59. The highest BCUT2D eigenvalue weighted by Crippen LogP contribution is 2.48. The lowest BCUT2D eigenvalue weighted by Gasteiger charge is -2.45. The molecule has 1 heterocycles. The third kappa shape index (κ3) is 6.34. The second-order valence-corrected chi connectivity index (χ2v) is 12.5. The number of urea groups is 1. The van der Waals surface area contributed by atoms with Crippen molar-refractivity contribution >= 4 is 46.8 Å². The van der Waals surface area contributed by atoms with Gasteiger partial charge in [0.15, 0.2) is 6.10 Å². The van der Waals surface area contributed by atoms with E-state index in [1.165, 1.54) is 0 Å². The summed E-state index contributed by atoms with van der Waals surface area (Å²) in [5, 5.41) is 21.5. The van der Waals surface area contributed by atoms with Crippen molar-refractivity contribution in [3.63, 3.8) is 0 Å². The molecule has 0 radical (unpaired) electrons. The second kappa shape index (κ2) is 11.4. The first-order valence-electron chi connectivity index (χ1n) is 13.1. The van der Waals surface area contributed by atoms with Gasteiger partial charge in [0.2, 0.25) is 0 Å². The molecule has 0 aromatic heterocycles. The minimum absolute atomic E-state index is 0.113. The SMILES string of the molecule is CC(C)(C)C1CCC2(CC1)CN(c1ccc(Cl)cc1Cl)C(=O)N2Cc1ccc(C(=O)NCC(O)C(=O)O)cc1. The molecule has 1 spiro atoms.